The quantitative estimate of drug-likeness (QED) is 0.862. The molecule has 136 valence electrons. The lowest BCUT2D eigenvalue weighted by Crippen LogP contribution is -2.44. The Balaban J connectivity index is 1.64. The summed E-state index contributed by atoms with van der Waals surface area (Å²) < 4.78 is 14.5. The van der Waals surface area contributed by atoms with Crippen LogP contribution in [0, 0.1) is 12.7 Å². The number of rotatable bonds is 3. The zero-order valence-corrected chi connectivity index (χ0v) is 15.3. The third-order valence-electron chi connectivity index (χ3n) is 5.17. The molecule has 5 nitrogen and oxygen atoms in total. The second-order valence-electron chi connectivity index (χ2n) is 7.07. The van der Waals surface area contributed by atoms with Gasteiger partial charge in [-0.05, 0) is 43.9 Å². The van der Waals surface area contributed by atoms with Gasteiger partial charge in [0, 0.05) is 23.2 Å². The lowest BCUT2D eigenvalue weighted by Gasteiger charge is -2.28. The number of nitrogens with zero attached hydrogens (tertiary/aromatic N) is 1. The first-order chi connectivity index (χ1) is 12.5. The number of halogens is 1. The number of hydrogen-bond acceptors (Lipinski definition) is 4. The maximum absolute atomic E-state index is 14.5. The minimum Gasteiger partial charge on any atom is -0.340 e. The molecule has 0 unspecified atom stereocenters. The number of benzene rings is 1. The summed E-state index contributed by atoms with van der Waals surface area (Å²) in [5.74, 6) is -1.16. The van der Waals surface area contributed by atoms with Gasteiger partial charge in [-0.1, -0.05) is 12.8 Å². The van der Waals surface area contributed by atoms with Crippen molar-refractivity contribution in [2.75, 3.05) is 5.32 Å². The number of nitrogens with one attached hydrogen (secondary N) is 2. The Hall–Kier alpha value is -2.28. The highest BCUT2D eigenvalue weighted by Gasteiger charge is 2.40. The topological polar surface area (TPSA) is 71.1 Å². The molecule has 0 radical (unpaired) electrons. The molecule has 26 heavy (non-hydrogen) atoms. The normalized spacial score (nSPS) is 18.3. The van der Waals surface area contributed by atoms with Gasteiger partial charge < -0.3 is 10.6 Å². The fourth-order valence-corrected chi connectivity index (χ4v) is 4.82. The van der Waals surface area contributed by atoms with E-state index in [9.17, 15) is 14.0 Å². The van der Waals surface area contributed by atoms with Gasteiger partial charge in [0.1, 0.15) is 10.8 Å². The number of amides is 2. The fourth-order valence-electron chi connectivity index (χ4n) is 3.81. The van der Waals surface area contributed by atoms with E-state index in [2.05, 4.69) is 15.6 Å². The first-order valence-electron chi connectivity index (χ1n) is 8.84. The van der Waals surface area contributed by atoms with Gasteiger partial charge in [0.2, 0.25) is 5.91 Å². The molecule has 2 aliphatic rings. The molecule has 1 aromatic heterocycles. The molecule has 1 aliphatic carbocycles. The van der Waals surface area contributed by atoms with Crippen LogP contribution in [0.2, 0.25) is 0 Å². The molecule has 0 bridgehead atoms. The molecule has 0 atom stereocenters. The van der Waals surface area contributed by atoms with Crippen molar-refractivity contribution in [3.05, 3.63) is 45.2 Å². The summed E-state index contributed by atoms with van der Waals surface area (Å²) in [5.41, 5.74) is 1.70. The number of aromatic nitrogens is 1. The van der Waals surface area contributed by atoms with Crippen molar-refractivity contribution in [1.82, 2.24) is 10.3 Å². The molecule has 7 heteroatoms. The summed E-state index contributed by atoms with van der Waals surface area (Å²) in [6.07, 6.45) is 4.51. The first kappa shape index (κ1) is 17.1. The lowest BCUT2D eigenvalue weighted by molar-refractivity contribution is -0.116. The van der Waals surface area contributed by atoms with Crippen LogP contribution in [-0.4, -0.2) is 16.8 Å². The van der Waals surface area contributed by atoms with Crippen LogP contribution in [0.15, 0.2) is 17.5 Å². The number of carbonyl (C=O) groups excluding carboxylic acids is 2. The van der Waals surface area contributed by atoms with Gasteiger partial charge in [-0.2, -0.15) is 0 Å². The van der Waals surface area contributed by atoms with Crippen LogP contribution >= 0.6 is 11.3 Å². The van der Waals surface area contributed by atoms with Crippen LogP contribution in [0.25, 0.3) is 0 Å². The van der Waals surface area contributed by atoms with Gasteiger partial charge >= 0.3 is 0 Å². The predicted octanol–water partition coefficient (Wildman–Crippen LogP) is 3.67. The maximum atomic E-state index is 14.5. The molecule has 1 aromatic carbocycles. The molecule has 2 N–H and O–H groups in total. The average Bonchev–Trinajstić information content (AvgIpc) is 3.24. The minimum absolute atomic E-state index is 0.0273. The molecule has 2 heterocycles. The number of carbonyl (C=O) groups is 2. The van der Waals surface area contributed by atoms with Crippen molar-refractivity contribution >= 4 is 28.8 Å². The maximum Gasteiger partial charge on any atom is 0.255 e. The predicted molar refractivity (Wildman–Crippen MR) is 97.8 cm³/mol. The van der Waals surface area contributed by atoms with Gasteiger partial charge in [-0.3, -0.25) is 9.59 Å². The Labute approximate surface area is 155 Å². The van der Waals surface area contributed by atoms with Crippen LogP contribution in [0.4, 0.5) is 10.1 Å². The highest BCUT2D eigenvalue weighted by atomic mass is 32.1. The van der Waals surface area contributed by atoms with Crippen molar-refractivity contribution in [3.63, 3.8) is 0 Å². The zero-order valence-electron chi connectivity index (χ0n) is 14.5. The van der Waals surface area contributed by atoms with Crippen molar-refractivity contribution in [3.8, 4) is 0 Å². The Kier molecular flexibility index (Phi) is 4.26. The number of anilines is 1. The van der Waals surface area contributed by atoms with Gasteiger partial charge in [0.25, 0.3) is 5.91 Å². The number of fused-ring (bicyclic) bond motifs is 1. The van der Waals surface area contributed by atoms with E-state index in [1.54, 1.807) is 17.4 Å². The molecule has 1 saturated carbocycles. The van der Waals surface area contributed by atoms with Crippen LogP contribution in [0.3, 0.4) is 0 Å². The van der Waals surface area contributed by atoms with E-state index in [4.69, 9.17) is 0 Å². The van der Waals surface area contributed by atoms with E-state index in [1.807, 2.05) is 12.3 Å². The highest BCUT2D eigenvalue weighted by Crippen LogP contribution is 2.40. The number of thiazole rings is 1. The molecule has 2 amide bonds. The van der Waals surface area contributed by atoms with Crippen molar-refractivity contribution in [2.45, 2.75) is 51.0 Å². The molecular weight excluding hydrogens is 353 g/mol. The molecule has 1 fully saturated rings. The smallest absolute Gasteiger partial charge is 0.255 e. The molecule has 0 saturated heterocycles. The van der Waals surface area contributed by atoms with Crippen LogP contribution in [0.1, 0.15) is 58.7 Å². The zero-order chi connectivity index (χ0) is 18.3. The summed E-state index contributed by atoms with van der Waals surface area (Å²) in [6, 6.07) is 2.81. The van der Waals surface area contributed by atoms with Crippen molar-refractivity contribution < 1.29 is 14.0 Å². The second-order valence-corrected chi connectivity index (χ2v) is 7.93. The molecule has 2 aromatic rings. The van der Waals surface area contributed by atoms with Gasteiger partial charge in [-0.25, -0.2) is 9.37 Å². The Morgan fingerprint density at radius 2 is 2.08 bits per heavy atom. The molecule has 4 rings (SSSR count). The van der Waals surface area contributed by atoms with E-state index in [-0.39, 0.29) is 11.5 Å². The first-order valence-corrected chi connectivity index (χ1v) is 9.72. The van der Waals surface area contributed by atoms with E-state index < -0.39 is 17.3 Å². The van der Waals surface area contributed by atoms with E-state index in [1.165, 1.54) is 6.07 Å². The average molecular weight is 373 g/mol. The fraction of sp³-hybridized carbons (Fsp3) is 0.421. The molecular formula is C19H20FN3O2S. The van der Waals surface area contributed by atoms with E-state index in [0.717, 1.165) is 41.9 Å². The van der Waals surface area contributed by atoms with Gasteiger partial charge in [0.05, 0.1) is 11.1 Å². The largest absolute Gasteiger partial charge is 0.340 e. The second kappa shape index (κ2) is 6.46. The van der Waals surface area contributed by atoms with Crippen molar-refractivity contribution in [2.24, 2.45) is 0 Å². The SMILES string of the molecule is Cc1csc(C2(NC(=O)c3cc4c(cc3F)NC(=O)CC4)CCCC2)n1. The molecule has 1 aliphatic heterocycles. The third kappa shape index (κ3) is 3.00. The standard InChI is InChI=1S/C19H20FN3O2S/c1-11-10-26-18(21-11)19(6-2-3-7-19)23-17(25)13-8-12-4-5-16(24)22-15(12)9-14(13)20/h8-10H,2-7H2,1H3,(H,22,24)(H,23,25). The summed E-state index contributed by atoms with van der Waals surface area (Å²) in [7, 11) is 0. The highest BCUT2D eigenvalue weighted by molar-refractivity contribution is 7.09. The van der Waals surface area contributed by atoms with Crippen LogP contribution < -0.4 is 10.6 Å². The Bertz CT molecular complexity index is 887. The van der Waals surface area contributed by atoms with E-state index in [0.29, 0.717) is 18.5 Å². The van der Waals surface area contributed by atoms with Crippen LogP contribution in [-0.2, 0) is 16.8 Å². The van der Waals surface area contributed by atoms with Crippen molar-refractivity contribution in [1.29, 1.82) is 0 Å². The summed E-state index contributed by atoms with van der Waals surface area (Å²) in [4.78, 5) is 28.9. The van der Waals surface area contributed by atoms with Gasteiger partial charge in [-0.15, -0.1) is 11.3 Å². The minimum atomic E-state index is -0.619. The lowest BCUT2D eigenvalue weighted by atomic mass is 9.96. The summed E-state index contributed by atoms with van der Waals surface area (Å²) in [5, 5.41) is 8.60. The van der Waals surface area contributed by atoms with Gasteiger partial charge in [0.15, 0.2) is 0 Å². The summed E-state index contributed by atoms with van der Waals surface area (Å²) >= 11 is 1.54. The van der Waals surface area contributed by atoms with Crippen LogP contribution in [0.5, 0.6) is 0 Å². The number of hydrogen-bond donors (Lipinski definition) is 2. The Morgan fingerprint density at radius 3 is 2.77 bits per heavy atom. The summed E-state index contributed by atoms with van der Waals surface area (Å²) in [6.45, 7) is 1.93. The molecule has 0 spiro atoms. The van der Waals surface area contributed by atoms with E-state index >= 15 is 0 Å². The Morgan fingerprint density at radius 1 is 1.31 bits per heavy atom. The third-order valence-corrected chi connectivity index (χ3v) is 6.34. The monoisotopic (exact) mass is 373 g/mol. The number of aryl methyl sites for hydroxylation is 2.